The lowest BCUT2D eigenvalue weighted by Gasteiger charge is -2.32. The molecule has 0 saturated heterocycles. The normalized spacial score (nSPS) is 14.4. The van der Waals surface area contributed by atoms with E-state index in [1.165, 1.54) is 30.9 Å². The molecule has 33 heavy (non-hydrogen) atoms. The number of nitrogens with one attached hydrogen (secondary N) is 1. The number of methoxy groups -OCH3 is 1. The van der Waals surface area contributed by atoms with Gasteiger partial charge in [0.05, 0.1) is 17.0 Å². The zero-order valence-corrected chi connectivity index (χ0v) is 19.8. The number of nitrogens with zero attached hydrogens (tertiary/aromatic N) is 1. The van der Waals surface area contributed by atoms with Gasteiger partial charge in [-0.1, -0.05) is 66.2 Å². The highest BCUT2D eigenvalue weighted by molar-refractivity contribution is 7.89. The largest absolute Gasteiger partial charge is 0.495 e. The minimum absolute atomic E-state index is 0.0249. The van der Waals surface area contributed by atoms with Crippen molar-refractivity contribution >= 4 is 27.5 Å². The number of ether oxygens (including phenoxy) is 1. The minimum atomic E-state index is -4.01. The average molecular weight is 485 g/mol. The van der Waals surface area contributed by atoms with Gasteiger partial charge in [-0.15, -0.1) is 0 Å². The molecule has 3 aromatic carbocycles. The molecule has 0 saturated carbocycles. The van der Waals surface area contributed by atoms with Crippen LogP contribution in [-0.2, 0) is 34.2 Å². The van der Waals surface area contributed by atoms with E-state index in [1.54, 1.807) is 4.90 Å². The lowest BCUT2D eigenvalue weighted by atomic mass is 9.98. The van der Waals surface area contributed by atoms with Gasteiger partial charge in [0.2, 0.25) is 15.9 Å². The van der Waals surface area contributed by atoms with Gasteiger partial charge in [0.15, 0.2) is 0 Å². The third kappa shape index (κ3) is 5.38. The van der Waals surface area contributed by atoms with Crippen LogP contribution in [0.1, 0.15) is 16.7 Å². The number of hydrogen-bond acceptors (Lipinski definition) is 4. The molecule has 0 spiro atoms. The average Bonchev–Trinajstić information content (AvgIpc) is 2.83. The number of halogens is 1. The molecule has 1 aliphatic heterocycles. The van der Waals surface area contributed by atoms with Crippen molar-refractivity contribution < 1.29 is 17.9 Å². The van der Waals surface area contributed by atoms with E-state index in [0.717, 1.165) is 17.5 Å². The lowest BCUT2D eigenvalue weighted by molar-refractivity contribution is -0.133. The van der Waals surface area contributed by atoms with Crippen LogP contribution in [0, 0.1) is 0 Å². The Morgan fingerprint density at radius 3 is 2.45 bits per heavy atom. The summed E-state index contributed by atoms with van der Waals surface area (Å²) in [6, 6.07) is 20.7. The van der Waals surface area contributed by atoms with Crippen molar-refractivity contribution in [2.24, 2.45) is 0 Å². The van der Waals surface area contributed by atoms with Crippen molar-refractivity contribution in [2.75, 3.05) is 13.7 Å². The number of carbonyl (C=O) groups excluding carboxylic acids is 1. The SMILES string of the molecule is COc1ccc(S(=O)(=O)N[C@@H](Cc2ccccc2)C(=O)N2CCc3ccccc3C2)cc1Cl. The third-order valence-corrected chi connectivity index (χ3v) is 7.52. The van der Waals surface area contributed by atoms with E-state index < -0.39 is 16.1 Å². The summed E-state index contributed by atoms with van der Waals surface area (Å²) in [5, 5.41) is 0.180. The first-order chi connectivity index (χ1) is 15.9. The highest BCUT2D eigenvalue weighted by atomic mass is 35.5. The molecule has 8 heteroatoms. The van der Waals surface area contributed by atoms with Gasteiger partial charge in [-0.05, 0) is 47.7 Å². The second-order valence-electron chi connectivity index (χ2n) is 7.94. The number of sulfonamides is 1. The van der Waals surface area contributed by atoms with Crippen LogP contribution in [0.3, 0.4) is 0 Å². The maximum atomic E-state index is 13.5. The van der Waals surface area contributed by atoms with Gasteiger partial charge in [-0.3, -0.25) is 4.79 Å². The highest BCUT2D eigenvalue weighted by Gasteiger charge is 2.31. The molecule has 0 radical (unpaired) electrons. The van der Waals surface area contributed by atoms with Gasteiger partial charge < -0.3 is 9.64 Å². The van der Waals surface area contributed by atoms with E-state index in [2.05, 4.69) is 10.8 Å². The van der Waals surface area contributed by atoms with Gasteiger partial charge in [0.1, 0.15) is 11.8 Å². The Morgan fingerprint density at radius 1 is 1.06 bits per heavy atom. The van der Waals surface area contributed by atoms with Crippen LogP contribution in [0.2, 0.25) is 5.02 Å². The Hall–Kier alpha value is -2.87. The van der Waals surface area contributed by atoms with E-state index in [0.29, 0.717) is 18.8 Å². The Bertz CT molecular complexity index is 1250. The summed E-state index contributed by atoms with van der Waals surface area (Å²) in [7, 11) is -2.55. The number of carbonyl (C=O) groups is 1. The molecule has 0 aromatic heterocycles. The van der Waals surface area contributed by atoms with E-state index in [1.807, 2.05) is 48.5 Å². The molecule has 0 bridgehead atoms. The summed E-state index contributed by atoms with van der Waals surface area (Å²) >= 11 is 6.14. The van der Waals surface area contributed by atoms with Crippen molar-refractivity contribution in [1.29, 1.82) is 0 Å². The topological polar surface area (TPSA) is 75.7 Å². The van der Waals surface area contributed by atoms with Crippen LogP contribution < -0.4 is 9.46 Å². The number of rotatable bonds is 7. The molecule has 1 aliphatic rings. The number of benzene rings is 3. The molecule has 1 heterocycles. The molecule has 1 atom stereocenters. The molecule has 1 N–H and O–H groups in total. The van der Waals surface area contributed by atoms with Crippen LogP contribution in [0.5, 0.6) is 5.75 Å². The molecule has 0 aliphatic carbocycles. The summed E-state index contributed by atoms with van der Waals surface area (Å²) in [4.78, 5) is 15.2. The molecule has 6 nitrogen and oxygen atoms in total. The fourth-order valence-corrected chi connectivity index (χ4v) is 5.54. The number of fused-ring (bicyclic) bond motifs is 1. The fraction of sp³-hybridized carbons (Fsp3) is 0.240. The third-order valence-electron chi connectivity index (χ3n) is 5.75. The summed E-state index contributed by atoms with van der Waals surface area (Å²) < 4.78 is 34.1. The van der Waals surface area contributed by atoms with E-state index in [4.69, 9.17) is 16.3 Å². The van der Waals surface area contributed by atoms with Crippen molar-refractivity contribution in [2.45, 2.75) is 30.3 Å². The van der Waals surface area contributed by atoms with Crippen molar-refractivity contribution in [1.82, 2.24) is 9.62 Å². The first-order valence-corrected chi connectivity index (χ1v) is 12.5. The maximum Gasteiger partial charge on any atom is 0.241 e. The zero-order chi connectivity index (χ0) is 23.4. The summed E-state index contributed by atoms with van der Waals surface area (Å²) in [5.41, 5.74) is 3.17. The molecule has 4 rings (SSSR count). The summed E-state index contributed by atoms with van der Waals surface area (Å²) in [5.74, 6) is 0.121. The van der Waals surface area contributed by atoms with E-state index >= 15 is 0 Å². The summed E-state index contributed by atoms with van der Waals surface area (Å²) in [6.07, 6.45) is 0.974. The number of amides is 1. The van der Waals surface area contributed by atoms with Crippen molar-refractivity contribution in [3.8, 4) is 5.75 Å². The number of hydrogen-bond donors (Lipinski definition) is 1. The molecule has 0 unspecified atom stereocenters. The first kappa shape index (κ1) is 23.3. The van der Waals surface area contributed by atoms with Crippen molar-refractivity contribution in [3.05, 3.63) is 94.5 Å². The zero-order valence-electron chi connectivity index (χ0n) is 18.2. The van der Waals surface area contributed by atoms with Crippen molar-refractivity contribution in [3.63, 3.8) is 0 Å². The van der Waals surface area contributed by atoms with Gasteiger partial charge in [-0.25, -0.2) is 8.42 Å². The predicted octanol–water partition coefficient (Wildman–Crippen LogP) is 3.82. The molecule has 0 fully saturated rings. The Labute approximate surface area is 199 Å². The van der Waals surface area contributed by atoms with Gasteiger partial charge in [-0.2, -0.15) is 4.72 Å². The van der Waals surface area contributed by atoms with Crippen LogP contribution in [0.25, 0.3) is 0 Å². The minimum Gasteiger partial charge on any atom is -0.495 e. The highest BCUT2D eigenvalue weighted by Crippen LogP contribution is 2.27. The maximum absolute atomic E-state index is 13.5. The van der Waals surface area contributed by atoms with E-state index in [-0.39, 0.29) is 22.2 Å². The smallest absolute Gasteiger partial charge is 0.241 e. The quantitative estimate of drug-likeness (QED) is 0.553. The summed E-state index contributed by atoms with van der Waals surface area (Å²) in [6.45, 7) is 0.994. The molecule has 3 aromatic rings. The van der Waals surface area contributed by atoms with Crippen LogP contribution in [-0.4, -0.2) is 38.9 Å². The van der Waals surface area contributed by atoms with Crippen LogP contribution >= 0.6 is 11.6 Å². The molecular formula is C25H25ClN2O4S. The lowest BCUT2D eigenvalue weighted by Crippen LogP contribution is -2.50. The Morgan fingerprint density at radius 2 is 1.76 bits per heavy atom. The second kappa shape index (κ2) is 9.95. The Kier molecular flexibility index (Phi) is 7.02. The second-order valence-corrected chi connectivity index (χ2v) is 10.1. The molecule has 1 amide bonds. The molecule has 172 valence electrons. The first-order valence-electron chi connectivity index (χ1n) is 10.6. The van der Waals surface area contributed by atoms with Crippen LogP contribution in [0.4, 0.5) is 0 Å². The fourth-order valence-electron chi connectivity index (χ4n) is 4.00. The predicted molar refractivity (Wildman–Crippen MR) is 128 cm³/mol. The van der Waals surface area contributed by atoms with Gasteiger partial charge in [0, 0.05) is 13.1 Å². The van der Waals surface area contributed by atoms with E-state index in [9.17, 15) is 13.2 Å². The van der Waals surface area contributed by atoms with Gasteiger partial charge >= 0.3 is 0 Å². The van der Waals surface area contributed by atoms with Gasteiger partial charge in [0.25, 0.3) is 0 Å². The monoisotopic (exact) mass is 484 g/mol. The molecular weight excluding hydrogens is 460 g/mol. The standard InChI is InChI=1S/C25H25ClN2O4S/c1-32-24-12-11-21(16-22(24)26)33(30,31)27-23(15-18-7-3-2-4-8-18)25(29)28-14-13-19-9-5-6-10-20(19)17-28/h2-12,16,23,27H,13-15,17H2,1H3/t23-/m0/s1. The Balaban J connectivity index is 1.61. The van der Waals surface area contributed by atoms with Crippen LogP contribution in [0.15, 0.2) is 77.7 Å².